The number of hydrogen-bond donors (Lipinski definition) is 0. The third-order valence-corrected chi connectivity index (χ3v) is 8.76. The van der Waals surface area contributed by atoms with Crippen LogP contribution in [0.15, 0.2) is 54.2 Å². The number of ether oxygens (including phenoxy) is 3. The summed E-state index contributed by atoms with van der Waals surface area (Å²) in [5, 5.41) is 0. The van der Waals surface area contributed by atoms with E-state index in [1.165, 1.54) is 17.8 Å². The van der Waals surface area contributed by atoms with Crippen LogP contribution in [0.25, 0.3) is 6.08 Å². The van der Waals surface area contributed by atoms with Crippen molar-refractivity contribution in [3.05, 3.63) is 71.0 Å². The van der Waals surface area contributed by atoms with Gasteiger partial charge in [-0.05, 0) is 66.2 Å². The van der Waals surface area contributed by atoms with E-state index in [1.54, 1.807) is 23.6 Å². The number of carbonyl (C=O) groups excluding carboxylic acids is 1. The fourth-order valence-corrected chi connectivity index (χ4v) is 6.97. The minimum Gasteiger partial charge on any atom is -0.463 e. The molecule has 5 heterocycles. The van der Waals surface area contributed by atoms with Gasteiger partial charge in [0.05, 0.1) is 32.9 Å². The fraction of sp³-hybridized carbons (Fsp3) is 0.414. The Kier molecular flexibility index (Phi) is 7.59. The Bertz CT molecular complexity index is 1660. The number of hydrogen-bond acceptors (Lipinski definition) is 9. The number of benzene rings is 1. The number of allylic oxidation sites excluding steroid dienone is 1. The van der Waals surface area contributed by atoms with Gasteiger partial charge in [-0.2, -0.15) is 0 Å². The maximum Gasteiger partial charge on any atom is 0.338 e. The summed E-state index contributed by atoms with van der Waals surface area (Å²) >= 11 is 4.92. The molecule has 40 heavy (non-hydrogen) atoms. The minimum absolute atomic E-state index is 0.126. The molecule has 0 N–H and O–H groups in total. The van der Waals surface area contributed by atoms with Gasteiger partial charge in [0.15, 0.2) is 16.3 Å². The lowest BCUT2D eigenvalue weighted by Crippen LogP contribution is -2.40. The van der Waals surface area contributed by atoms with Crippen molar-refractivity contribution >= 4 is 45.2 Å². The first-order valence-corrected chi connectivity index (χ1v) is 15.2. The summed E-state index contributed by atoms with van der Waals surface area (Å²) in [5.74, 6) is 2.08. The van der Waals surface area contributed by atoms with Crippen molar-refractivity contribution in [2.75, 3.05) is 31.4 Å². The van der Waals surface area contributed by atoms with E-state index < -0.39 is 12.0 Å². The van der Waals surface area contributed by atoms with Gasteiger partial charge < -0.3 is 23.5 Å². The number of furan rings is 1. The summed E-state index contributed by atoms with van der Waals surface area (Å²) < 4.78 is 25.7. The highest BCUT2D eigenvalue weighted by Gasteiger charge is 2.35. The Balaban J connectivity index is 1.50. The molecule has 6 rings (SSSR count). The normalized spacial score (nSPS) is 18.6. The Morgan fingerprint density at radius 1 is 1.18 bits per heavy atom. The molecule has 210 valence electrons. The second-order valence-electron chi connectivity index (χ2n) is 9.88. The van der Waals surface area contributed by atoms with Gasteiger partial charge in [-0.1, -0.05) is 30.7 Å². The molecule has 3 aromatic rings. The quantitative estimate of drug-likeness (QED) is 0.352. The van der Waals surface area contributed by atoms with Crippen LogP contribution in [0.3, 0.4) is 0 Å². The number of anilines is 1. The van der Waals surface area contributed by atoms with Gasteiger partial charge in [-0.25, -0.2) is 9.79 Å². The summed E-state index contributed by atoms with van der Waals surface area (Å²) in [6.07, 6.45) is 6.59. The molecule has 0 saturated carbocycles. The van der Waals surface area contributed by atoms with E-state index in [1.807, 2.05) is 25.1 Å². The van der Waals surface area contributed by atoms with Crippen molar-refractivity contribution < 1.29 is 23.4 Å². The summed E-state index contributed by atoms with van der Waals surface area (Å²) in [4.78, 5) is 35.0. The zero-order valence-corrected chi connectivity index (χ0v) is 24.8. The molecule has 0 aliphatic carbocycles. The lowest BCUT2D eigenvalue weighted by Gasteiger charge is -2.26. The van der Waals surface area contributed by atoms with E-state index in [4.69, 9.17) is 23.6 Å². The topological polar surface area (TPSA) is 95.5 Å². The molecule has 0 spiro atoms. The Morgan fingerprint density at radius 3 is 2.75 bits per heavy atom. The summed E-state index contributed by atoms with van der Waals surface area (Å²) in [6, 6.07) is 6.66. The molecule has 9 nitrogen and oxygen atoms in total. The average molecular weight is 629 g/mol. The molecular weight excluding hydrogens is 598 g/mol. The summed E-state index contributed by atoms with van der Waals surface area (Å²) in [6.45, 7) is 6.03. The number of aromatic nitrogens is 1. The van der Waals surface area contributed by atoms with Gasteiger partial charge in [-0.3, -0.25) is 9.36 Å². The first-order valence-electron chi connectivity index (χ1n) is 13.6. The van der Waals surface area contributed by atoms with Crippen molar-refractivity contribution in [1.29, 1.82) is 0 Å². The van der Waals surface area contributed by atoms with Crippen LogP contribution in [0.5, 0.6) is 11.5 Å². The number of halogens is 1. The number of fused-ring (bicyclic) bond motifs is 2. The molecule has 0 bridgehead atoms. The molecular formula is C29H30BrN3O6S. The van der Waals surface area contributed by atoms with Gasteiger partial charge in [0, 0.05) is 25.2 Å². The Labute approximate surface area is 243 Å². The van der Waals surface area contributed by atoms with Crippen molar-refractivity contribution in [2.45, 2.75) is 52.0 Å². The number of nitrogens with zero attached hydrogens (tertiary/aromatic N) is 3. The number of esters is 1. The smallest absolute Gasteiger partial charge is 0.338 e. The standard InChI is InChI=1S/C29H30BrN3O6S/c1-3-8-20-24(28(35)36-4-2)25(17-9-10-21-22(13-17)38-16-37-21)33-26(34)23(40-29(33)31-20)15-18-14-19(30)27(39-18)32-11-6-5-7-12-32/h9-10,13-15,25H,3-8,11-12,16H2,1-2H3/b23-15+/t25-/m1/s1. The summed E-state index contributed by atoms with van der Waals surface area (Å²) in [5.41, 5.74) is 1.46. The molecule has 0 radical (unpaired) electrons. The van der Waals surface area contributed by atoms with Crippen LogP contribution in [-0.2, 0) is 9.53 Å². The molecule has 11 heteroatoms. The largest absolute Gasteiger partial charge is 0.463 e. The SMILES string of the molecule is CCCC1=C(C(=O)OCC)[C@@H](c2ccc3c(c2)OCO3)n2c(s/c(=C/c3cc(Br)c(N4CCCCC4)o3)c2=O)=N1. The van der Waals surface area contributed by atoms with E-state index in [0.29, 0.717) is 44.3 Å². The van der Waals surface area contributed by atoms with E-state index >= 15 is 0 Å². The van der Waals surface area contributed by atoms with E-state index in [0.717, 1.165) is 48.3 Å². The van der Waals surface area contributed by atoms with Crippen LogP contribution < -0.4 is 29.3 Å². The number of rotatable bonds is 7. The maximum absolute atomic E-state index is 14.0. The molecule has 0 unspecified atom stereocenters. The third kappa shape index (κ3) is 4.89. The van der Waals surface area contributed by atoms with E-state index in [9.17, 15) is 9.59 Å². The van der Waals surface area contributed by atoms with Crippen molar-refractivity contribution in [1.82, 2.24) is 4.57 Å². The van der Waals surface area contributed by atoms with Crippen LogP contribution >= 0.6 is 27.3 Å². The lowest BCUT2D eigenvalue weighted by molar-refractivity contribution is -0.139. The van der Waals surface area contributed by atoms with Crippen LogP contribution in [0.1, 0.15) is 63.3 Å². The first-order chi connectivity index (χ1) is 19.5. The lowest BCUT2D eigenvalue weighted by atomic mass is 9.94. The first kappa shape index (κ1) is 26.9. The van der Waals surface area contributed by atoms with Crippen LogP contribution in [0.2, 0.25) is 0 Å². The van der Waals surface area contributed by atoms with Gasteiger partial charge in [0.25, 0.3) is 5.56 Å². The van der Waals surface area contributed by atoms with Crippen molar-refractivity contribution in [3.63, 3.8) is 0 Å². The molecule has 2 aromatic heterocycles. The number of carbonyl (C=O) groups is 1. The van der Waals surface area contributed by atoms with Crippen LogP contribution in [-0.4, -0.2) is 37.0 Å². The highest BCUT2D eigenvalue weighted by Crippen LogP contribution is 2.39. The second kappa shape index (κ2) is 11.3. The number of thiazole rings is 1. The molecule has 1 atom stereocenters. The monoisotopic (exact) mass is 627 g/mol. The van der Waals surface area contributed by atoms with E-state index in [-0.39, 0.29) is 19.0 Å². The highest BCUT2D eigenvalue weighted by molar-refractivity contribution is 9.10. The minimum atomic E-state index is -0.722. The van der Waals surface area contributed by atoms with Gasteiger partial charge in [0.2, 0.25) is 12.7 Å². The van der Waals surface area contributed by atoms with Crippen molar-refractivity contribution in [2.24, 2.45) is 4.99 Å². The molecule has 0 amide bonds. The molecule has 1 aromatic carbocycles. The predicted octanol–water partition coefficient (Wildman–Crippen LogP) is 4.65. The molecule has 3 aliphatic rings. The van der Waals surface area contributed by atoms with Crippen molar-refractivity contribution in [3.8, 4) is 11.5 Å². The number of piperidine rings is 1. The predicted molar refractivity (Wildman–Crippen MR) is 155 cm³/mol. The van der Waals surface area contributed by atoms with Crippen LogP contribution in [0.4, 0.5) is 5.88 Å². The molecule has 3 aliphatic heterocycles. The van der Waals surface area contributed by atoms with Crippen LogP contribution in [0, 0.1) is 0 Å². The van der Waals surface area contributed by atoms with Gasteiger partial charge in [-0.15, -0.1) is 0 Å². The average Bonchev–Trinajstić information content (AvgIpc) is 3.65. The molecule has 1 fully saturated rings. The Morgan fingerprint density at radius 2 is 1.98 bits per heavy atom. The third-order valence-electron chi connectivity index (χ3n) is 7.21. The maximum atomic E-state index is 14.0. The highest BCUT2D eigenvalue weighted by atomic mass is 79.9. The summed E-state index contributed by atoms with van der Waals surface area (Å²) in [7, 11) is 0. The van der Waals surface area contributed by atoms with Gasteiger partial charge in [0.1, 0.15) is 5.76 Å². The van der Waals surface area contributed by atoms with E-state index in [2.05, 4.69) is 20.8 Å². The second-order valence-corrected chi connectivity index (χ2v) is 11.7. The van der Waals surface area contributed by atoms with Gasteiger partial charge >= 0.3 is 5.97 Å². The zero-order chi connectivity index (χ0) is 27.8. The Hall–Kier alpha value is -3.31. The zero-order valence-electron chi connectivity index (χ0n) is 22.4. The fourth-order valence-electron chi connectivity index (χ4n) is 5.41. The molecule has 1 saturated heterocycles.